The Morgan fingerprint density at radius 2 is 2.06 bits per heavy atom. The van der Waals surface area contributed by atoms with E-state index in [1.165, 1.54) is 12.1 Å². The molecule has 0 aromatic heterocycles. The van der Waals surface area contributed by atoms with Crippen molar-refractivity contribution in [2.75, 3.05) is 5.32 Å². The third kappa shape index (κ3) is 4.76. The van der Waals surface area contributed by atoms with Gasteiger partial charge in [-0.3, -0.25) is 4.79 Å². The van der Waals surface area contributed by atoms with Gasteiger partial charge in [0.15, 0.2) is 0 Å². The number of aryl methyl sites for hydroxylation is 1. The number of nitrogens with one attached hydrogen (secondary N) is 1. The number of phenols is 1. The smallest absolute Gasteiger partial charge is 0.389 e. The lowest BCUT2D eigenvalue weighted by molar-refractivity contribution is -0.142. The lowest BCUT2D eigenvalue weighted by atomic mass is 10.2. The van der Waals surface area contributed by atoms with Crippen LogP contribution in [0.4, 0.5) is 18.9 Å². The molecule has 2 N–H and O–H groups in total. The zero-order chi connectivity index (χ0) is 13.1. The largest absolute Gasteiger partial charge is 0.508 e. The number of carbonyl (C=O) groups is 1. The molecule has 17 heavy (non-hydrogen) atoms. The highest BCUT2D eigenvalue weighted by molar-refractivity contribution is 5.90. The van der Waals surface area contributed by atoms with Crippen LogP contribution >= 0.6 is 0 Å². The van der Waals surface area contributed by atoms with Crippen molar-refractivity contribution >= 4 is 11.6 Å². The Balaban J connectivity index is 2.54. The van der Waals surface area contributed by atoms with Gasteiger partial charge in [-0.15, -0.1) is 0 Å². The second-order valence-electron chi connectivity index (χ2n) is 3.66. The van der Waals surface area contributed by atoms with Gasteiger partial charge in [0, 0.05) is 18.2 Å². The molecule has 0 bridgehead atoms. The van der Waals surface area contributed by atoms with Gasteiger partial charge in [0.2, 0.25) is 5.91 Å². The molecular weight excluding hydrogens is 235 g/mol. The van der Waals surface area contributed by atoms with E-state index < -0.39 is 24.9 Å². The van der Waals surface area contributed by atoms with Gasteiger partial charge in [0.25, 0.3) is 0 Å². The molecule has 1 aromatic carbocycles. The van der Waals surface area contributed by atoms with Crippen LogP contribution in [0.3, 0.4) is 0 Å². The molecule has 94 valence electrons. The zero-order valence-electron chi connectivity index (χ0n) is 9.14. The third-order valence-corrected chi connectivity index (χ3v) is 2.13. The standard InChI is InChI=1S/C11H12F3NO2/c1-7-2-3-8(6-9(7)16)15-10(17)4-5-11(12,13)14/h2-3,6,16H,4-5H2,1H3,(H,15,17). The number of anilines is 1. The highest BCUT2D eigenvalue weighted by Gasteiger charge is 2.27. The summed E-state index contributed by atoms with van der Waals surface area (Å²) in [4.78, 5) is 11.2. The first-order valence-electron chi connectivity index (χ1n) is 4.94. The van der Waals surface area contributed by atoms with Crippen molar-refractivity contribution < 1.29 is 23.1 Å². The van der Waals surface area contributed by atoms with Crippen LogP contribution in [0.15, 0.2) is 18.2 Å². The molecule has 0 aliphatic rings. The molecule has 0 aliphatic heterocycles. The highest BCUT2D eigenvalue weighted by atomic mass is 19.4. The molecule has 0 heterocycles. The normalized spacial score (nSPS) is 11.3. The molecule has 0 spiro atoms. The van der Waals surface area contributed by atoms with E-state index in [2.05, 4.69) is 5.32 Å². The van der Waals surface area contributed by atoms with Crippen molar-refractivity contribution in [3.8, 4) is 5.75 Å². The fourth-order valence-corrected chi connectivity index (χ4v) is 1.17. The van der Waals surface area contributed by atoms with Crippen molar-refractivity contribution in [3.63, 3.8) is 0 Å². The predicted octanol–water partition coefficient (Wildman–Crippen LogP) is 2.98. The molecule has 0 aliphatic carbocycles. The van der Waals surface area contributed by atoms with Gasteiger partial charge in [-0.2, -0.15) is 13.2 Å². The number of halogens is 3. The Morgan fingerprint density at radius 3 is 2.59 bits per heavy atom. The van der Waals surface area contributed by atoms with Gasteiger partial charge in [-0.1, -0.05) is 6.07 Å². The van der Waals surface area contributed by atoms with E-state index in [1.807, 2.05) is 0 Å². The molecule has 0 atom stereocenters. The molecule has 0 saturated carbocycles. The van der Waals surface area contributed by atoms with Crippen molar-refractivity contribution in [1.82, 2.24) is 0 Å². The van der Waals surface area contributed by atoms with Crippen molar-refractivity contribution in [3.05, 3.63) is 23.8 Å². The number of rotatable bonds is 3. The van der Waals surface area contributed by atoms with E-state index in [0.717, 1.165) is 0 Å². The molecule has 0 saturated heterocycles. The average Bonchev–Trinajstić information content (AvgIpc) is 2.20. The zero-order valence-corrected chi connectivity index (χ0v) is 9.14. The maximum atomic E-state index is 11.9. The van der Waals surface area contributed by atoms with Crippen LogP contribution in [0, 0.1) is 6.92 Å². The maximum absolute atomic E-state index is 11.9. The summed E-state index contributed by atoms with van der Waals surface area (Å²) in [6.45, 7) is 1.67. The number of hydrogen-bond donors (Lipinski definition) is 2. The summed E-state index contributed by atoms with van der Waals surface area (Å²) in [6, 6.07) is 4.37. The van der Waals surface area contributed by atoms with Gasteiger partial charge in [0.1, 0.15) is 5.75 Å². The molecule has 3 nitrogen and oxygen atoms in total. The van der Waals surface area contributed by atoms with Crippen LogP contribution in [-0.2, 0) is 4.79 Å². The van der Waals surface area contributed by atoms with Crippen molar-refractivity contribution in [2.45, 2.75) is 25.9 Å². The van der Waals surface area contributed by atoms with E-state index >= 15 is 0 Å². The number of alkyl halides is 3. The predicted molar refractivity (Wildman–Crippen MR) is 56.8 cm³/mol. The maximum Gasteiger partial charge on any atom is 0.389 e. The first kappa shape index (κ1) is 13.3. The summed E-state index contributed by atoms with van der Waals surface area (Å²) < 4.78 is 35.6. The fourth-order valence-electron chi connectivity index (χ4n) is 1.17. The second kappa shape index (κ2) is 5.07. The summed E-state index contributed by atoms with van der Waals surface area (Å²) >= 11 is 0. The number of aromatic hydroxyl groups is 1. The van der Waals surface area contributed by atoms with Crippen LogP contribution in [0.25, 0.3) is 0 Å². The topological polar surface area (TPSA) is 49.3 Å². The van der Waals surface area contributed by atoms with E-state index in [-0.39, 0.29) is 11.4 Å². The SMILES string of the molecule is Cc1ccc(NC(=O)CCC(F)(F)F)cc1O. The molecule has 1 rings (SSSR count). The Hall–Kier alpha value is -1.72. The minimum absolute atomic E-state index is 0.0152. The molecular formula is C11H12F3NO2. The van der Waals surface area contributed by atoms with Crippen molar-refractivity contribution in [1.29, 1.82) is 0 Å². The fraction of sp³-hybridized carbons (Fsp3) is 0.364. The Labute approximate surface area is 96.3 Å². The summed E-state index contributed by atoms with van der Waals surface area (Å²) in [5.74, 6) is -0.746. The lowest BCUT2D eigenvalue weighted by Crippen LogP contribution is -2.16. The van der Waals surface area contributed by atoms with Gasteiger partial charge < -0.3 is 10.4 Å². The average molecular weight is 247 g/mol. The van der Waals surface area contributed by atoms with Gasteiger partial charge in [-0.05, 0) is 18.6 Å². The Bertz CT molecular complexity index is 416. The van der Waals surface area contributed by atoms with E-state index in [9.17, 15) is 23.1 Å². The van der Waals surface area contributed by atoms with Gasteiger partial charge in [-0.25, -0.2) is 0 Å². The number of carbonyl (C=O) groups excluding carboxylic acids is 1. The second-order valence-corrected chi connectivity index (χ2v) is 3.66. The van der Waals surface area contributed by atoms with Crippen LogP contribution in [-0.4, -0.2) is 17.2 Å². The van der Waals surface area contributed by atoms with E-state index in [0.29, 0.717) is 5.56 Å². The molecule has 0 radical (unpaired) electrons. The number of amides is 1. The summed E-state index contributed by atoms with van der Waals surface area (Å²) in [6.07, 6.45) is -6.12. The lowest BCUT2D eigenvalue weighted by Gasteiger charge is -2.08. The highest BCUT2D eigenvalue weighted by Crippen LogP contribution is 2.23. The molecule has 0 fully saturated rings. The quantitative estimate of drug-likeness (QED) is 0.862. The summed E-state index contributed by atoms with van der Waals surface area (Å²) in [5, 5.41) is 11.6. The monoisotopic (exact) mass is 247 g/mol. The third-order valence-electron chi connectivity index (χ3n) is 2.13. The van der Waals surface area contributed by atoms with E-state index in [4.69, 9.17) is 0 Å². The minimum Gasteiger partial charge on any atom is -0.508 e. The number of hydrogen-bond acceptors (Lipinski definition) is 2. The van der Waals surface area contributed by atoms with Crippen molar-refractivity contribution in [2.24, 2.45) is 0 Å². The van der Waals surface area contributed by atoms with Gasteiger partial charge in [0.05, 0.1) is 6.42 Å². The van der Waals surface area contributed by atoms with Crippen LogP contribution < -0.4 is 5.32 Å². The van der Waals surface area contributed by atoms with E-state index in [1.54, 1.807) is 13.0 Å². The Morgan fingerprint density at radius 1 is 1.41 bits per heavy atom. The number of phenolic OH excluding ortho intramolecular Hbond substituents is 1. The van der Waals surface area contributed by atoms with Crippen LogP contribution in [0.5, 0.6) is 5.75 Å². The molecule has 6 heteroatoms. The summed E-state index contributed by atoms with van der Waals surface area (Å²) in [5.41, 5.74) is 0.901. The van der Waals surface area contributed by atoms with Gasteiger partial charge >= 0.3 is 6.18 Å². The minimum atomic E-state index is -4.34. The number of benzene rings is 1. The first-order valence-corrected chi connectivity index (χ1v) is 4.94. The first-order chi connectivity index (χ1) is 7.78. The summed E-state index contributed by atoms with van der Waals surface area (Å²) in [7, 11) is 0. The molecule has 0 unspecified atom stereocenters. The van der Waals surface area contributed by atoms with Crippen LogP contribution in [0.2, 0.25) is 0 Å². The Kier molecular flexibility index (Phi) is 3.98. The van der Waals surface area contributed by atoms with Crippen LogP contribution in [0.1, 0.15) is 18.4 Å². The molecule has 1 aromatic rings. The molecule has 1 amide bonds.